The molecule has 5 heterocycles. The monoisotopic (exact) mass is 582 g/mol. The Kier molecular flexibility index (Phi) is 7.38. The number of nitrogens with zero attached hydrogens (tertiary/aromatic N) is 5. The van der Waals surface area contributed by atoms with Crippen LogP contribution in [0.3, 0.4) is 0 Å². The van der Waals surface area contributed by atoms with Crippen LogP contribution in [-0.2, 0) is 0 Å². The lowest BCUT2D eigenvalue weighted by atomic mass is 9.95. The molecule has 1 amide bonds. The van der Waals surface area contributed by atoms with Gasteiger partial charge in [0.15, 0.2) is 11.6 Å². The second kappa shape index (κ2) is 11.5. The minimum absolute atomic E-state index is 0.0988. The van der Waals surface area contributed by atoms with Gasteiger partial charge in [-0.25, -0.2) is 19.4 Å². The Morgan fingerprint density at radius 2 is 1.79 bits per heavy atom. The number of amides is 1. The molecular weight excluding hydrogens is 547 g/mol. The molecule has 3 aromatic rings. The maximum absolute atomic E-state index is 15.9. The molecule has 9 nitrogen and oxygen atoms in total. The van der Waals surface area contributed by atoms with Crippen molar-refractivity contribution in [1.29, 1.82) is 0 Å². The van der Waals surface area contributed by atoms with Crippen LogP contribution in [0.4, 0.5) is 27.4 Å². The molecular formula is C33H35FN6O3. The summed E-state index contributed by atoms with van der Waals surface area (Å²) in [5.74, 6) is 0.242. The molecule has 0 radical (unpaired) electrons. The van der Waals surface area contributed by atoms with Gasteiger partial charge in [-0.15, -0.1) is 0 Å². The van der Waals surface area contributed by atoms with Crippen molar-refractivity contribution in [2.75, 3.05) is 36.4 Å². The number of likely N-dealkylation sites (tertiary alicyclic amines) is 1. The smallest absolute Gasteiger partial charge is 0.254 e. The van der Waals surface area contributed by atoms with Gasteiger partial charge in [0.25, 0.3) is 5.91 Å². The molecule has 0 atom stereocenters. The van der Waals surface area contributed by atoms with E-state index < -0.39 is 5.82 Å². The zero-order valence-electron chi connectivity index (χ0n) is 24.1. The van der Waals surface area contributed by atoms with E-state index in [0.29, 0.717) is 41.4 Å². The number of fused-ring (bicyclic) bond motifs is 1. The number of carbonyl (C=O) groups excluding carboxylic acids is 2. The molecule has 7 rings (SSSR count). The highest BCUT2D eigenvalue weighted by molar-refractivity contribution is 6.13. The van der Waals surface area contributed by atoms with Gasteiger partial charge in [0, 0.05) is 49.9 Å². The lowest BCUT2D eigenvalue weighted by Gasteiger charge is -2.31. The number of aliphatic imine (C=N–C) groups is 1. The van der Waals surface area contributed by atoms with Crippen molar-refractivity contribution in [2.24, 2.45) is 4.99 Å². The van der Waals surface area contributed by atoms with Crippen LogP contribution in [0.25, 0.3) is 11.3 Å². The Morgan fingerprint density at radius 1 is 1.00 bits per heavy atom. The summed E-state index contributed by atoms with van der Waals surface area (Å²) < 4.78 is 15.9. The first kappa shape index (κ1) is 27.6. The number of pyridine rings is 2. The van der Waals surface area contributed by atoms with Crippen molar-refractivity contribution in [3.8, 4) is 11.3 Å². The van der Waals surface area contributed by atoms with E-state index in [1.165, 1.54) is 12.3 Å². The van der Waals surface area contributed by atoms with Crippen LogP contribution in [0.15, 0.2) is 41.5 Å². The Hall–Kier alpha value is -4.18. The predicted molar refractivity (Wildman–Crippen MR) is 163 cm³/mol. The number of aliphatic hydroxyl groups excluding tert-OH is 1. The van der Waals surface area contributed by atoms with Crippen molar-refractivity contribution in [1.82, 2.24) is 14.9 Å². The predicted octanol–water partition coefficient (Wildman–Crippen LogP) is 5.78. The van der Waals surface area contributed by atoms with Crippen LogP contribution in [0, 0.1) is 5.82 Å². The highest BCUT2D eigenvalue weighted by Gasteiger charge is 2.32. The first-order valence-corrected chi connectivity index (χ1v) is 15.3. The Balaban J connectivity index is 1.23. The summed E-state index contributed by atoms with van der Waals surface area (Å²) in [5.41, 5.74) is 3.71. The molecule has 0 bridgehead atoms. The van der Waals surface area contributed by atoms with Crippen LogP contribution in [0.5, 0.6) is 0 Å². The van der Waals surface area contributed by atoms with Gasteiger partial charge < -0.3 is 20.2 Å². The summed E-state index contributed by atoms with van der Waals surface area (Å²) in [6.07, 6.45) is 9.63. The standard InChI is InChI=1S/C33H35FN6O3/c34-26-17-24(33(43)40-12-2-1-3-13-40)23(20-4-5-20)16-25(26)27-18-28(31-29(42)8-11-35-32(31)38-27)37-30-7-6-21(19-36-30)39-14-9-22(41)10-15-39/h6-7,11,16-20,22,41H,1-5,8-10,12-15H2,(H,36,37,38). The van der Waals surface area contributed by atoms with Crippen LogP contribution in [0.2, 0.25) is 0 Å². The molecule has 2 N–H and O–H groups in total. The number of Topliss-reactive ketones (excluding diaryl/α,β-unsaturated/α-hetero) is 1. The van der Waals surface area contributed by atoms with E-state index in [9.17, 15) is 14.7 Å². The number of carbonyl (C=O) groups is 2. The van der Waals surface area contributed by atoms with Crippen molar-refractivity contribution >= 4 is 40.9 Å². The third kappa shape index (κ3) is 5.63. The van der Waals surface area contributed by atoms with E-state index >= 15 is 4.39 Å². The average Bonchev–Trinajstić information content (AvgIpc) is 3.87. The molecule has 1 saturated carbocycles. The molecule has 0 spiro atoms. The Labute approximate surface area is 249 Å². The summed E-state index contributed by atoms with van der Waals surface area (Å²) in [6.45, 7) is 2.94. The summed E-state index contributed by atoms with van der Waals surface area (Å²) >= 11 is 0. The number of benzene rings is 1. The normalized spacial score (nSPS) is 19.0. The number of hydrogen-bond donors (Lipinski definition) is 2. The largest absolute Gasteiger partial charge is 0.393 e. The van der Waals surface area contributed by atoms with Gasteiger partial charge in [0.05, 0.1) is 34.9 Å². The highest BCUT2D eigenvalue weighted by Crippen LogP contribution is 2.45. The third-order valence-corrected chi connectivity index (χ3v) is 8.92. The maximum Gasteiger partial charge on any atom is 0.254 e. The Bertz CT molecular complexity index is 1590. The lowest BCUT2D eigenvalue weighted by Crippen LogP contribution is -2.36. The van der Waals surface area contributed by atoms with Gasteiger partial charge in [-0.3, -0.25) is 9.59 Å². The molecule has 3 fully saturated rings. The number of halogens is 1. The van der Waals surface area contributed by atoms with E-state index in [1.807, 2.05) is 17.0 Å². The molecule has 1 aliphatic carbocycles. The van der Waals surface area contributed by atoms with Crippen LogP contribution in [0.1, 0.15) is 83.6 Å². The number of aliphatic hydroxyl groups is 1. The van der Waals surface area contributed by atoms with E-state index in [1.54, 1.807) is 18.3 Å². The second-order valence-corrected chi connectivity index (χ2v) is 12.0. The number of rotatable bonds is 6. The average molecular weight is 583 g/mol. The SMILES string of the molecule is O=C1CC=Nc2nc(-c3cc(C4CC4)c(C(=O)N4CCCCC4)cc3F)cc(Nc3ccc(N4CCC(O)CC4)cn3)c21. The first-order chi connectivity index (χ1) is 20.9. The number of hydrogen-bond acceptors (Lipinski definition) is 8. The summed E-state index contributed by atoms with van der Waals surface area (Å²) in [5, 5.41) is 13.1. The molecule has 2 saturated heterocycles. The molecule has 2 aromatic heterocycles. The number of nitrogens with one attached hydrogen (secondary N) is 1. The fourth-order valence-electron chi connectivity index (χ4n) is 6.33. The third-order valence-electron chi connectivity index (χ3n) is 8.92. The summed E-state index contributed by atoms with van der Waals surface area (Å²) in [6, 6.07) is 8.64. The van der Waals surface area contributed by atoms with Crippen LogP contribution < -0.4 is 10.2 Å². The molecule has 3 aliphatic heterocycles. The Morgan fingerprint density at radius 3 is 2.51 bits per heavy atom. The van der Waals surface area contributed by atoms with E-state index in [0.717, 1.165) is 69.3 Å². The zero-order chi connectivity index (χ0) is 29.5. The van der Waals surface area contributed by atoms with E-state index in [2.05, 4.69) is 25.2 Å². The molecule has 1 aromatic carbocycles. The van der Waals surface area contributed by atoms with Gasteiger partial charge in [-0.1, -0.05) is 0 Å². The van der Waals surface area contributed by atoms with Crippen LogP contribution in [-0.4, -0.2) is 70.2 Å². The highest BCUT2D eigenvalue weighted by atomic mass is 19.1. The number of piperidine rings is 2. The lowest BCUT2D eigenvalue weighted by molar-refractivity contribution is 0.0722. The fourth-order valence-corrected chi connectivity index (χ4v) is 6.33. The maximum atomic E-state index is 15.9. The zero-order valence-corrected chi connectivity index (χ0v) is 24.1. The number of aromatic nitrogens is 2. The number of ketones is 1. The molecule has 0 unspecified atom stereocenters. The van der Waals surface area contributed by atoms with Gasteiger partial charge in [0.2, 0.25) is 0 Å². The molecule has 222 valence electrons. The van der Waals surface area contributed by atoms with Crippen molar-refractivity contribution < 1.29 is 19.1 Å². The van der Waals surface area contributed by atoms with Gasteiger partial charge in [-0.05, 0) is 86.8 Å². The van der Waals surface area contributed by atoms with Gasteiger partial charge >= 0.3 is 0 Å². The molecule has 10 heteroatoms. The summed E-state index contributed by atoms with van der Waals surface area (Å²) in [7, 11) is 0. The minimum atomic E-state index is -0.525. The van der Waals surface area contributed by atoms with Crippen molar-refractivity contribution in [2.45, 2.75) is 63.4 Å². The molecule has 4 aliphatic rings. The topological polar surface area (TPSA) is 111 Å². The fraction of sp³-hybridized carbons (Fsp3) is 0.424. The van der Waals surface area contributed by atoms with E-state index in [4.69, 9.17) is 0 Å². The van der Waals surface area contributed by atoms with Crippen molar-refractivity contribution in [3.05, 3.63) is 59.0 Å². The van der Waals surface area contributed by atoms with E-state index in [-0.39, 0.29) is 41.5 Å². The molecule has 43 heavy (non-hydrogen) atoms. The second-order valence-electron chi connectivity index (χ2n) is 12.0. The van der Waals surface area contributed by atoms with Gasteiger partial charge in [0.1, 0.15) is 11.6 Å². The van der Waals surface area contributed by atoms with Crippen LogP contribution >= 0.6 is 0 Å². The van der Waals surface area contributed by atoms with Gasteiger partial charge in [-0.2, -0.15) is 0 Å². The number of anilines is 3. The summed E-state index contributed by atoms with van der Waals surface area (Å²) in [4.78, 5) is 44.0. The quantitative estimate of drug-likeness (QED) is 0.379. The van der Waals surface area contributed by atoms with Crippen molar-refractivity contribution in [3.63, 3.8) is 0 Å². The minimum Gasteiger partial charge on any atom is -0.393 e. The first-order valence-electron chi connectivity index (χ1n) is 15.3.